The summed E-state index contributed by atoms with van der Waals surface area (Å²) < 4.78 is 5.28. The number of rotatable bonds is 6. The number of hydrogen-bond donors (Lipinski definition) is 2. The largest absolute Gasteiger partial charge is 0.379 e. The second kappa shape index (κ2) is 6.07. The Kier molecular flexibility index (Phi) is 4.70. The molecule has 1 amide bonds. The van der Waals surface area contributed by atoms with Crippen LogP contribution in [0, 0.1) is 5.41 Å². The number of nitrogens with zero attached hydrogens (tertiary/aromatic N) is 1. The van der Waals surface area contributed by atoms with Crippen LogP contribution in [0.1, 0.15) is 19.3 Å². The Morgan fingerprint density at radius 3 is 2.65 bits per heavy atom. The number of amides is 1. The lowest BCUT2D eigenvalue weighted by Crippen LogP contribution is -2.41. The highest BCUT2D eigenvalue weighted by atomic mass is 32.1. The summed E-state index contributed by atoms with van der Waals surface area (Å²) in [5.74, 6) is 1.02. The van der Waals surface area contributed by atoms with E-state index in [1.54, 1.807) is 0 Å². The van der Waals surface area contributed by atoms with E-state index in [0.29, 0.717) is 6.42 Å². The van der Waals surface area contributed by atoms with Gasteiger partial charge in [0, 0.05) is 32.6 Å². The Hall–Kier alpha value is -0.260. The number of nitrogens with one attached hydrogen (secondary N) is 1. The van der Waals surface area contributed by atoms with E-state index in [2.05, 4.69) is 22.8 Å². The molecule has 98 valence electrons. The van der Waals surface area contributed by atoms with Crippen molar-refractivity contribution >= 4 is 18.5 Å². The second-order valence-electron chi connectivity index (χ2n) is 5.14. The van der Waals surface area contributed by atoms with Gasteiger partial charge in [-0.05, 0) is 24.0 Å². The Bertz CT molecular complexity index is 263. The Morgan fingerprint density at radius 1 is 1.35 bits per heavy atom. The maximum atomic E-state index is 11.7. The molecule has 2 fully saturated rings. The Balaban J connectivity index is 1.56. The fourth-order valence-electron chi connectivity index (χ4n) is 2.15. The van der Waals surface area contributed by atoms with Gasteiger partial charge in [0.05, 0.1) is 13.2 Å². The first-order valence-electron chi connectivity index (χ1n) is 6.42. The van der Waals surface area contributed by atoms with Gasteiger partial charge in [-0.15, -0.1) is 0 Å². The van der Waals surface area contributed by atoms with E-state index in [9.17, 15) is 4.79 Å². The third kappa shape index (κ3) is 4.16. The summed E-state index contributed by atoms with van der Waals surface area (Å²) in [5.41, 5.74) is 0.228. The average molecular weight is 258 g/mol. The molecule has 2 rings (SSSR count). The van der Waals surface area contributed by atoms with Crippen LogP contribution in [0.15, 0.2) is 0 Å². The molecular weight excluding hydrogens is 236 g/mol. The first-order valence-corrected chi connectivity index (χ1v) is 7.05. The van der Waals surface area contributed by atoms with Gasteiger partial charge in [-0.25, -0.2) is 0 Å². The molecule has 5 heteroatoms. The van der Waals surface area contributed by atoms with Gasteiger partial charge < -0.3 is 10.1 Å². The number of carbonyl (C=O) groups excluding carboxylic acids is 1. The van der Waals surface area contributed by atoms with Gasteiger partial charge in [0.25, 0.3) is 0 Å². The molecule has 0 radical (unpaired) electrons. The van der Waals surface area contributed by atoms with Crippen molar-refractivity contribution in [2.45, 2.75) is 19.3 Å². The summed E-state index contributed by atoms with van der Waals surface area (Å²) in [7, 11) is 0. The zero-order valence-electron chi connectivity index (χ0n) is 10.3. The van der Waals surface area contributed by atoms with Crippen LogP contribution in [0.4, 0.5) is 0 Å². The van der Waals surface area contributed by atoms with Crippen LogP contribution in [0.2, 0.25) is 0 Å². The molecule has 1 aliphatic heterocycles. The normalized spacial score (nSPS) is 23.4. The quantitative estimate of drug-likeness (QED) is 0.683. The van der Waals surface area contributed by atoms with Gasteiger partial charge in [0.1, 0.15) is 0 Å². The minimum Gasteiger partial charge on any atom is -0.379 e. The molecule has 0 aromatic rings. The molecule has 1 saturated carbocycles. The van der Waals surface area contributed by atoms with Gasteiger partial charge in [0.2, 0.25) is 5.91 Å². The Morgan fingerprint density at radius 2 is 2.06 bits per heavy atom. The third-order valence-corrected chi connectivity index (χ3v) is 4.35. The zero-order valence-corrected chi connectivity index (χ0v) is 11.2. The molecule has 0 aromatic heterocycles. The Labute approximate surface area is 108 Å². The predicted molar refractivity (Wildman–Crippen MR) is 70.4 cm³/mol. The molecule has 1 aliphatic carbocycles. The number of morpholine rings is 1. The van der Waals surface area contributed by atoms with E-state index < -0.39 is 0 Å². The van der Waals surface area contributed by atoms with Crippen molar-refractivity contribution in [2.75, 3.05) is 45.1 Å². The van der Waals surface area contributed by atoms with E-state index in [-0.39, 0.29) is 11.3 Å². The van der Waals surface area contributed by atoms with E-state index in [1.165, 1.54) is 0 Å². The molecule has 0 spiro atoms. The van der Waals surface area contributed by atoms with Crippen LogP contribution in [-0.2, 0) is 9.53 Å². The van der Waals surface area contributed by atoms with Crippen LogP contribution in [0.25, 0.3) is 0 Å². The fourth-order valence-corrected chi connectivity index (χ4v) is 2.58. The first-order chi connectivity index (χ1) is 8.24. The monoisotopic (exact) mass is 258 g/mol. The molecule has 1 N–H and O–H groups in total. The maximum Gasteiger partial charge on any atom is 0.220 e. The van der Waals surface area contributed by atoms with Crippen molar-refractivity contribution in [3.63, 3.8) is 0 Å². The summed E-state index contributed by atoms with van der Waals surface area (Å²) in [6.45, 7) is 5.28. The van der Waals surface area contributed by atoms with Crippen LogP contribution >= 0.6 is 12.6 Å². The smallest absolute Gasteiger partial charge is 0.220 e. The van der Waals surface area contributed by atoms with Crippen molar-refractivity contribution in [1.29, 1.82) is 0 Å². The van der Waals surface area contributed by atoms with Crippen molar-refractivity contribution in [3.8, 4) is 0 Å². The average Bonchev–Trinajstić information content (AvgIpc) is 3.11. The highest BCUT2D eigenvalue weighted by Gasteiger charge is 2.42. The van der Waals surface area contributed by atoms with E-state index >= 15 is 0 Å². The van der Waals surface area contributed by atoms with E-state index in [1.807, 2.05) is 0 Å². The molecular formula is C12H22N2O2S. The number of carbonyl (C=O) groups is 1. The highest BCUT2D eigenvalue weighted by Crippen LogP contribution is 2.49. The summed E-state index contributed by atoms with van der Waals surface area (Å²) in [4.78, 5) is 14.0. The summed E-state index contributed by atoms with van der Waals surface area (Å²) in [6, 6.07) is 0. The van der Waals surface area contributed by atoms with Crippen molar-refractivity contribution in [2.24, 2.45) is 5.41 Å². The molecule has 0 unspecified atom stereocenters. The molecule has 0 aromatic carbocycles. The number of hydrogen-bond acceptors (Lipinski definition) is 4. The van der Waals surface area contributed by atoms with Gasteiger partial charge >= 0.3 is 0 Å². The van der Waals surface area contributed by atoms with Crippen LogP contribution in [-0.4, -0.2) is 56.0 Å². The van der Waals surface area contributed by atoms with Gasteiger partial charge in [-0.3, -0.25) is 9.69 Å². The molecule has 4 nitrogen and oxygen atoms in total. The standard InChI is InChI=1S/C12H22N2O2S/c15-11(9-12(10-17)1-2-12)13-3-4-14-5-7-16-8-6-14/h17H,1-10H2,(H,13,15). The van der Waals surface area contributed by atoms with Crippen molar-refractivity contribution in [1.82, 2.24) is 10.2 Å². The molecule has 0 bridgehead atoms. The molecule has 1 saturated heterocycles. The number of thiol groups is 1. The van der Waals surface area contributed by atoms with Gasteiger partial charge in [-0.1, -0.05) is 0 Å². The van der Waals surface area contributed by atoms with Crippen LogP contribution in [0.3, 0.4) is 0 Å². The fraction of sp³-hybridized carbons (Fsp3) is 0.917. The predicted octanol–water partition coefficient (Wildman–Crippen LogP) is 0.535. The van der Waals surface area contributed by atoms with Crippen LogP contribution < -0.4 is 5.32 Å². The van der Waals surface area contributed by atoms with Gasteiger partial charge in [-0.2, -0.15) is 12.6 Å². The third-order valence-electron chi connectivity index (χ3n) is 3.68. The second-order valence-corrected chi connectivity index (χ2v) is 5.46. The lowest BCUT2D eigenvalue weighted by Gasteiger charge is -2.26. The maximum absolute atomic E-state index is 11.7. The summed E-state index contributed by atoms with van der Waals surface area (Å²) in [5, 5.41) is 3.01. The molecule has 2 aliphatic rings. The first kappa shape index (κ1) is 13.2. The van der Waals surface area contributed by atoms with Gasteiger partial charge in [0.15, 0.2) is 0 Å². The number of ether oxygens (including phenoxy) is 1. The van der Waals surface area contributed by atoms with Crippen molar-refractivity contribution in [3.05, 3.63) is 0 Å². The van der Waals surface area contributed by atoms with Crippen LogP contribution in [0.5, 0.6) is 0 Å². The minimum atomic E-state index is 0.185. The van der Waals surface area contributed by atoms with E-state index in [4.69, 9.17) is 4.74 Å². The molecule has 1 heterocycles. The van der Waals surface area contributed by atoms with E-state index in [0.717, 1.165) is 58.0 Å². The lowest BCUT2D eigenvalue weighted by atomic mass is 10.1. The highest BCUT2D eigenvalue weighted by molar-refractivity contribution is 7.80. The molecule has 17 heavy (non-hydrogen) atoms. The molecule has 0 atom stereocenters. The summed E-state index contributed by atoms with van der Waals surface area (Å²) >= 11 is 4.31. The minimum absolute atomic E-state index is 0.185. The van der Waals surface area contributed by atoms with Crippen molar-refractivity contribution < 1.29 is 9.53 Å². The summed E-state index contributed by atoms with van der Waals surface area (Å²) in [6.07, 6.45) is 2.97. The lowest BCUT2D eigenvalue weighted by molar-refractivity contribution is -0.122. The SMILES string of the molecule is O=C(CC1(CS)CC1)NCCN1CCOCC1. The topological polar surface area (TPSA) is 41.6 Å². The zero-order chi connectivity index (χ0) is 12.1.